The highest BCUT2D eigenvalue weighted by atomic mass is 15.1. The Morgan fingerprint density at radius 3 is 2.65 bits per heavy atom. The van der Waals surface area contributed by atoms with Crippen molar-refractivity contribution in [1.82, 2.24) is 10.2 Å². The first-order valence-electron chi connectivity index (χ1n) is 7.67. The summed E-state index contributed by atoms with van der Waals surface area (Å²) < 4.78 is 0. The fourth-order valence-electron chi connectivity index (χ4n) is 2.67. The second-order valence-corrected chi connectivity index (χ2v) is 5.90. The van der Waals surface area contributed by atoms with Gasteiger partial charge in [-0.1, -0.05) is 27.2 Å². The van der Waals surface area contributed by atoms with Gasteiger partial charge in [-0.2, -0.15) is 0 Å². The van der Waals surface area contributed by atoms with E-state index in [9.17, 15) is 0 Å². The van der Waals surface area contributed by atoms with Crippen molar-refractivity contribution in [3.63, 3.8) is 0 Å². The van der Waals surface area contributed by atoms with Crippen molar-refractivity contribution in [2.24, 2.45) is 11.8 Å². The molecule has 0 aliphatic carbocycles. The van der Waals surface area contributed by atoms with E-state index in [1.54, 1.807) is 0 Å². The summed E-state index contributed by atoms with van der Waals surface area (Å²) >= 11 is 0. The average molecular weight is 240 g/mol. The third-order valence-corrected chi connectivity index (χ3v) is 4.01. The molecule has 2 heteroatoms. The molecule has 1 fully saturated rings. The molecule has 1 unspecified atom stereocenters. The predicted octanol–water partition coefficient (Wildman–Crippen LogP) is 3.13. The van der Waals surface area contributed by atoms with Crippen LogP contribution in [0.1, 0.15) is 52.9 Å². The van der Waals surface area contributed by atoms with Gasteiger partial charge in [-0.25, -0.2) is 0 Å². The third-order valence-electron chi connectivity index (χ3n) is 4.01. The van der Waals surface area contributed by atoms with Crippen molar-refractivity contribution in [3.8, 4) is 0 Å². The van der Waals surface area contributed by atoms with E-state index in [0.29, 0.717) is 0 Å². The van der Waals surface area contributed by atoms with E-state index in [4.69, 9.17) is 0 Å². The van der Waals surface area contributed by atoms with E-state index >= 15 is 0 Å². The highest BCUT2D eigenvalue weighted by molar-refractivity contribution is 4.77. The lowest BCUT2D eigenvalue weighted by Crippen LogP contribution is -2.23. The average Bonchev–Trinajstić information content (AvgIpc) is 2.77. The quantitative estimate of drug-likeness (QED) is 0.623. The van der Waals surface area contributed by atoms with Crippen molar-refractivity contribution < 1.29 is 0 Å². The van der Waals surface area contributed by atoms with Crippen LogP contribution in [-0.2, 0) is 0 Å². The first-order chi connectivity index (χ1) is 8.24. The Morgan fingerprint density at radius 2 is 2.00 bits per heavy atom. The SMILES string of the molecule is CCCNCCCCCN1CCC(C(C)C)C1. The molecule has 0 aromatic rings. The van der Waals surface area contributed by atoms with Gasteiger partial charge in [0.05, 0.1) is 0 Å². The van der Waals surface area contributed by atoms with Crippen molar-refractivity contribution in [3.05, 3.63) is 0 Å². The normalized spacial score (nSPS) is 21.5. The Morgan fingerprint density at radius 1 is 1.18 bits per heavy atom. The van der Waals surface area contributed by atoms with Crippen LogP contribution in [0.3, 0.4) is 0 Å². The molecule has 0 bridgehead atoms. The minimum atomic E-state index is 0.873. The second kappa shape index (κ2) is 8.93. The molecule has 0 saturated carbocycles. The molecule has 1 saturated heterocycles. The molecule has 2 nitrogen and oxygen atoms in total. The first-order valence-corrected chi connectivity index (χ1v) is 7.67. The van der Waals surface area contributed by atoms with Crippen LogP contribution < -0.4 is 5.32 Å². The fourth-order valence-corrected chi connectivity index (χ4v) is 2.67. The van der Waals surface area contributed by atoms with Gasteiger partial charge in [0, 0.05) is 6.54 Å². The molecule has 0 aromatic heterocycles. The van der Waals surface area contributed by atoms with Crippen LogP contribution in [0.5, 0.6) is 0 Å². The van der Waals surface area contributed by atoms with Crippen LogP contribution in [0.15, 0.2) is 0 Å². The van der Waals surface area contributed by atoms with Gasteiger partial charge in [-0.15, -0.1) is 0 Å². The van der Waals surface area contributed by atoms with E-state index in [0.717, 1.165) is 11.8 Å². The largest absolute Gasteiger partial charge is 0.317 e. The molecule has 1 rings (SSSR count). The van der Waals surface area contributed by atoms with Crippen LogP contribution in [0, 0.1) is 11.8 Å². The van der Waals surface area contributed by atoms with Gasteiger partial charge in [0.2, 0.25) is 0 Å². The first kappa shape index (κ1) is 15.0. The number of rotatable bonds is 9. The molecule has 0 aromatic carbocycles. The standard InChI is InChI=1S/C15H32N2/c1-4-9-16-10-6-5-7-11-17-12-8-15(13-17)14(2)3/h14-16H,4-13H2,1-3H3. The van der Waals surface area contributed by atoms with Crippen molar-refractivity contribution in [2.75, 3.05) is 32.7 Å². The Bertz CT molecular complexity index is 180. The number of hydrogen-bond acceptors (Lipinski definition) is 2. The van der Waals surface area contributed by atoms with Crippen molar-refractivity contribution in [1.29, 1.82) is 0 Å². The van der Waals surface area contributed by atoms with Gasteiger partial charge < -0.3 is 10.2 Å². The summed E-state index contributed by atoms with van der Waals surface area (Å²) in [6.45, 7) is 13.4. The minimum absolute atomic E-state index is 0.873. The van der Waals surface area contributed by atoms with E-state index < -0.39 is 0 Å². The van der Waals surface area contributed by atoms with Crippen LogP contribution in [0.4, 0.5) is 0 Å². The number of nitrogens with one attached hydrogen (secondary N) is 1. The zero-order valence-corrected chi connectivity index (χ0v) is 12.2. The molecule has 1 aliphatic heterocycles. The molecule has 1 aliphatic rings. The van der Waals surface area contributed by atoms with Crippen LogP contribution in [-0.4, -0.2) is 37.6 Å². The van der Waals surface area contributed by atoms with Crippen LogP contribution in [0.2, 0.25) is 0 Å². The van der Waals surface area contributed by atoms with Gasteiger partial charge in [-0.3, -0.25) is 0 Å². The van der Waals surface area contributed by atoms with Gasteiger partial charge in [0.25, 0.3) is 0 Å². The fraction of sp³-hybridized carbons (Fsp3) is 1.00. The number of hydrogen-bond donors (Lipinski definition) is 1. The second-order valence-electron chi connectivity index (χ2n) is 5.90. The molecule has 0 amide bonds. The third kappa shape index (κ3) is 6.42. The summed E-state index contributed by atoms with van der Waals surface area (Å²) in [6, 6.07) is 0. The molecule has 17 heavy (non-hydrogen) atoms. The summed E-state index contributed by atoms with van der Waals surface area (Å²) in [7, 11) is 0. The van der Waals surface area contributed by atoms with E-state index in [1.807, 2.05) is 0 Å². The summed E-state index contributed by atoms with van der Waals surface area (Å²) in [5.74, 6) is 1.83. The maximum Gasteiger partial charge on any atom is 0.00126 e. The minimum Gasteiger partial charge on any atom is -0.317 e. The number of likely N-dealkylation sites (tertiary alicyclic amines) is 1. The van der Waals surface area contributed by atoms with E-state index in [-0.39, 0.29) is 0 Å². The molecule has 1 heterocycles. The zero-order chi connectivity index (χ0) is 12.5. The zero-order valence-electron chi connectivity index (χ0n) is 12.2. The topological polar surface area (TPSA) is 15.3 Å². The predicted molar refractivity (Wildman–Crippen MR) is 76.4 cm³/mol. The van der Waals surface area contributed by atoms with Gasteiger partial charge in [-0.05, 0) is 63.7 Å². The highest BCUT2D eigenvalue weighted by Crippen LogP contribution is 2.23. The van der Waals surface area contributed by atoms with Crippen molar-refractivity contribution in [2.45, 2.75) is 52.9 Å². The Labute approximate surface area is 108 Å². The van der Waals surface area contributed by atoms with E-state index in [1.165, 1.54) is 64.8 Å². The Kier molecular flexibility index (Phi) is 7.87. The molecule has 1 N–H and O–H groups in total. The summed E-state index contributed by atoms with van der Waals surface area (Å²) in [5.41, 5.74) is 0. The number of nitrogens with zero attached hydrogens (tertiary/aromatic N) is 1. The summed E-state index contributed by atoms with van der Waals surface area (Å²) in [4.78, 5) is 2.67. The Hall–Kier alpha value is -0.0800. The molecular formula is C15H32N2. The molecule has 0 radical (unpaired) electrons. The lowest BCUT2D eigenvalue weighted by atomic mass is 9.95. The molecule has 102 valence electrons. The van der Waals surface area contributed by atoms with Gasteiger partial charge in [0.1, 0.15) is 0 Å². The lowest BCUT2D eigenvalue weighted by Gasteiger charge is -2.17. The highest BCUT2D eigenvalue weighted by Gasteiger charge is 2.23. The summed E-state index contributed by atoms with van der Waals surface area (Å²) in [6.07, 6.45) is 6.81. The summed E-state index contributed by atoms with van der Waals surface area (Å²) in [5, 5.41) is 3.47. The molecule has 1 atom stereocenters. The lowest BCUT2D eigenvalue weighted by molar-refractivity contribution is 0.296. The monoisotopic (exact) mass is 240 g/mol. The number of unbranched alkanes of at least 4 members (excludes halogenated alkanes) is 2. The van der Waals surface area contributed by atoms with Gasteiger partial charge in [0.15, 0.2) is 0 Å². The van der Waals surface area contributed by atoms with Crippen LogP contribution >= 0.6 is 0 Å². The van der Waals surface area contributed by atoms with E-state index in [2.05, 4.69) is 31.0 Å². The van der Waals surface area contributed by atoms with Crippen LogP contribution in [0.25, 0.3) is 0 Å². The van der Waals surface area contributed by atoms with Crippen molar-refractivity contribution >= 4 is 0 Å². The van der Waals surface area contributed by atoms with Gasteiger partial charge >= 0.3 is 0 Å². The smallest absolute Gasteiger partial charge is 0.00126 e. The maximum atomic E-state index is 3.47. The molecular weight excluding hydrogens is 208 g/mol. The maximum absolute atomic E-state index is 3.47. The molecule has 0 spiro atoms. The Balaban J connectivity index is 1.90.